The Labute approximate surface area is 134 Å². The largest absolute Gasteiger partial charge is 0.482 e. The molecule has 0 fully saturated rings. The molecule has 3 rings (SSSR count). The van der Waals surface area contributed by atoms with Gasteiger partial charge in [0.1, 0.15) is 10.8 Å². The second-order valence-corrected chi connectivity index (χ2v) is 6.39. The molecule has 0 spiro atoms. The van der Waals surface area contributed by atoms with Crippen molar-refractivity contribution in [3.05, 3.63) is 27.7 Å². The van der Waals surface area contributed by atoms with Gasteiger partial charge < -0.3 is 10.1 Å². The lowest BCUT2D eigenvalue weighted by Crippen LogP contribution is -2.38. The van der Waals surface area contributed by atoms with Crippen LogP contribution in [-0.2, 0) is 11.3 Å². The van der Waals surface area contributed by atoms with Gasteiger partial charge in [0.2, 0.25) is 5.13 Å². The summed E-state index contributed by atoms with van der Waals surface area (Å²) in [6, 6.07) is 5.61. The summed E-state index contributed by atoms with van der Waals surface area (Å²) >= 11 is 4.87. The van der Waals surface area contributed by atoms with Gasteiger partial charge in [0.15, 0.2) is 6.61 Å². The molecule has 1 N–H and O–H groups in total. The quantitative estimate of drug-likeness (QED) is 0.898. The highest BCUT2D eigenvalue weighted by Gasteiger charge is 2.26. The Morgan fingerprint density at radius 2 is 2.33 bits per heavy atom. The summed E-state index contributed by atoms with van der Waals surface area (Å²) in [7, 11) is 0. The van der Waals surface area contributed by atoms with Crippen molar-refractivity contribution in [2.45, 2.75) is 13.5 Å². The number of hydrogen-bond donors (Lipinski definition) is 1. The molecule has 1 aromatic carbocycles. The predicted molar refractivity (Wildman–Crippen MR) is 84.9 cm³/mol. The summed E-state index contributed by atoms with van der Waals surface area (Å²) in [6.45, 7) is 3.24. The van der Waals surface area contributed by atoms with Crippen LogP contribution in [0.15, 0.2) is 22.7 Å². The summed E-state index contributed by atoms with van der Waals surface area (Å²) in [5.74, 6) is 0.620. The number of amides is 1. The zero-order chi connectivity index (χ0) is 14.8. The highest BCUT2D eigenvalue weighted by molar-refractivity contribution is 9.10. The fourth-order valence-corrected chi connectivity index (χ4v) is 3.17. The van der Waals surface area contributed by atoms with E-state index in [2.05, 4.69) is 31.4 Å². The second kappa shape index (κ2) is 5.98. The van der Waals surface area contributed by atoms with Crippen molar-refractivity contribution in [3.63, 3.8) is 0 Å². The number of rotatable bonds is 4. The number of halogens is 1. The molecule has 2 heterocycles. The smallest absolute Gasteiger partial charge is 0.265 e. The van der Waals surface area contributed by atoms with Gasteiger partial charge in [-0.25, -0.2) is 0 Å². The molecule has 0 radical (unpaired) electrons. The minimum atomic E-state index is -0.0826. The third-order valence-electron chi connectivity index (χ3n) is 2.95. The second-order valence-electron chi connectivity index (χ2n) is 4.41. The van der Waals surface area contributed by atoms with Crippen molar-refractivity contribution in [2.75, 3.05) is 23.4 Å². The molecule has 0 saturated heterocycles. The topological polar surface area (TPSA) is 67.4 Å². The van der Waals surface area contributed by atoms with Crippen molar-refractivity contribution in [3.8, 4) is 5.75 Å². The Balaban J connectivity index is 1.87. The first-order chi connectivity index (χ1) is 10.2. The zero-order valence-electron chi connectivity index (χ0n) is 11.3. The molecule has 1 aliphatic heterocycles. The van der Waals surface area contributed by atoms with Crippen molar-refractivity contribution in [2.24, 2.45) is 0 Å². The van der Waals surface area contributed by atoms with Gasteiger partial charge >= 0.3 is 0 Å². The van der Waals surface area contributed by atoms with E-state index in [9.17, 15) is 4.79 Å². The van der Waals surface area contributed by atoms with Gasteiger partial charge in [-0.1, -0.05) is 27.3 Å². The van der Waals surface area contributed by atoms with Gasteiger partial charge in [0.25, 0.3) is 5.91 Å². The first kappa shape index (κ1) is 14.3. The normalized spacial score (nSPS) is 13.8. The average molecular weight is 369 g/mol. The number of carbonyl (C=O) groups is 1. The third-order valence-corrected chi connectivity index (χ3v) is 4.31. The standard InChI is InChI=1S/C13H13BrN4O2S/c1-2-15-13-17-16-11(21-13)6-18-9-5-8(14)3-4-10(9)20-7-12(18)19/h3-5H,2,6-7H2,1H3,(H,15,17). The molecule has 1 aromatic heterocycles. The summed E-state index contributed by atoms with van der Waals surface area (Å²) < 4.78 is 6.34. The van der Waals surface area contributed by atoms with Gasteiger partial charge in [0, 0.05) is 11.0 Å². The van der Waals surface area contributed by atoms with Crippen molar-refractivity contribution in [1.82, 2.24) is 10.2 Å². The molecule has 0 atom stereocenters. The molecule has 1 aliphatic rings. The van der Waals surface area contributed by atoms with E-state index in [-0.39, 0.29) is 12.5 Å². The molecule has 0 bridgehead atoms. The SMILES string of the molecule is CCNc1nnc(CN2C(=O)COc3ccc(Br)cc32)s1. The summed E-state index contributed by atoms with van der Waals surface area (Å²) in [6.07, 6.45) is 0. The number of anilines is 2. The van der Waals surface area contributed by atoms with Crippen molar-refractivity contribution < 1.29 is 9.53 Å². The highest BCUT2D eigenvalue weighted by Crippen LogP contribution is 2.35. The Morgan fingerprint density at radius 3 is 3.14 bits per heavy atom. The van der Waals surface area contributed by atoms with E-state index in [0.29, 0.717) is 12.3 Å². The molecule has 0 saturated carbocycles. The number of fused-ring (bicyclic) bond motifs is 1. The molecule has 0 unspecified atom stereocenters. The van der Waals surface area contributed by atoms with Crippen LogP contribution in [0.3, 0.4) is 0 Å². The number of nitrogens with one attached hydrogen (secondary N) is 1. The summed E-state index contributed by atoms with van der Waals surface area (Å²) in [5, 5.41) is 12.8. The van der Waals surface area contributed by atoms with E-state index in [4.69, 9.17) is 4.74 Å². The van der Waals surface area contributed by atoms with Crippen molar-refractivity contribution in [1.29, 1.82) is 0 Å². The van der Waals surface area contributed by atoms with E-state index >= 15 is 0 Å². The maximum Gasteiger partial charge on any atom is 0.265 e. The van der Waals surface area contributed by atoms with Crippen LogP contribution in [-0.4, -0.2) is 29.3 Å². The van der Waals surface area contributed by atoms with Crippen molar-refractivity contribution >= 4 is 44.0 Å². The molecule has 2 aromatic rings. The lowest BCUT2D eigenvalue weighted by molar-refractivity contribution is -0.121. The van der Waals surface area contributed by atoms with Crippen LogP contribution in [0.5, 0.6) is 5.75 Å². The monoisotopic (exact) mass is 368 g/mol. The lowest BCUT2D eigenvalue weighted by Gasteiger charge is -2.28. The Bertz CT molecular complexity index is 676. The maximum atomic E-state index is 12.1. The number of ether oxygens (including phenoxy) is 1. The predicted octanol–water partition coefficient (Wildman–Crippen LogP) is 2.66. The van der Waals surface area contributed by atoms with Gasteiger partial charge in [-0.2, -0.15) is 0 Å². The molecule has 8 heteroatoms. The Kier molecular flexibility index (Phi) is 4.07. The Morgan fingerprint density at radius 1 is 1.48 bits per heavy atom. The summed E-state index contributed by atoms with van der Waals surface area (Å²) in [4.78, 5) is 13.8. The van der Waals surface area contributed by atoms with Crippen LogP contribution in [0.25, 0.3) is 0 Å². The fraction of sp³-hybridized carbons (Fsp3) is 0.308. The number of carbonyl (C=O) groups excluding carboxylic acids is 1. The molecule has 1 amide bonds. The van der Waals surface area contributed by atoms with Crippen LogP contribution in [0.2, 0.25) is 0 Å². The highest BCUT2D eigenvalue weighted by atomic mass is 79.9. The summed E-state index contributed by atoms with van der Waals surface area (Å²) in [5.41, 5.74) is 0.751. The van der Waals surface area contributed by atoms with Crippen LogP contribution in [0.4, 0.5) is 10.8 Å². The van der Waals surface area contributed by atoms with E-state index in [0.717, 1.165) is 26.8 Å². The lowest BCUT2D eigenvalue weighted by atomic mass is 10.2. The molecule has 110 valence electrons. The first-order valence-electron chi connectivity index (χ1n) is 6.46. The molecule has 0 aliphatic carbocycles. The van der Waals surface area contributed by atoms with E-state index in [1.807, 2.05) is 25.1 Å². The number of hydrogen-bond acceptors (Lipinski definition) is 6. The van der Waals surface area contributed by atoms with Crippen LogP contribution < -0.4 is 15.0 Å². The first-order valence-corrected chi connectivity index (χ1v) is 8.07. The maximum absolute atomic E-state index is 12.1. The average Bonchev–Trinajstić information content (AvgIpc) is 2.90. The molecular weight excluding hydrogens is 356 g/mol. The van der Waals surface area contributed by atoms with Gasteiger partial charge in [-0.15, -0.1) is 10.2 Å². The van der Waals surface area contributed by atoms with Crippen LogP contribution >= 0.6 is 27.3 Å². The minimum absolute atomic E-state index is 0.0491. The zero-order valence-corrected chi connectivity index (χ0v) is 13.7. The van der Waals surface area contributed by atoms with Gasteiger partial charge in [-0.3, -0.25) is 9.69 Å². The minimum Gasteiger partial charge on any atom is -0.482 e. The molecule has 6 nitrogen and oxygen atoms in total. The number of benzene rings is 1. The molecule has 21 heavy (non-hydrogen) atoms. The molecular formula is C13H13BrN4O2S. The van der Waals surface area contributed by atoms with E-state index in [1.54, 1.807) is 4.90 Å². The van der Waals surface area contributed by atoms with Crippen LogP contribution in [0, 0.1) is 0 Å². The number of nitrogens with zero attached hydrogens (tertiary/aromatic N) is 3. The number of aromatic nitrogens is 2. The Hall–Kier alpha value is -1.67. The third kappa shape index (κ3) is 3.01. The van der Waals surface area contributed by atoms with Gasteiger partial charge in [0.05, 0.1) is 12.2 Å². The van der Waals surface area contributed by atoms with Gasteiger partial charge in [-0.05, 0) is 25.1 Å². The van der Waals surface area contributed by atoms with Crippen LogP contribution in [0.1, 0.15) is 11.9 Å². The fourth-order valence-electron chi connectivity index (χ4n) is 2.02. The van der Waals surface area contributed by atoms with E-state index < -0.39 is 0 Å². The van der Waals surface area contributed by atoms with E-state index in [1.165, 1.54) is 11.3 Å².